The molecule has 0 bridgehead atoms. The van der Waals surface area contributed by atoms with Crippen LogP contribution in [0.3, 0.4) is 0 Å². The van der Waals surface area contributed by atoms with Crippen molar-refractivity contribution in [2.45, 2.75) is 6.61 Å². The van der Waals surface area contributed by atoms with Gasteiger partial charge in [-0.15, -0.1) is 0 Å². The maximum atomic E-state index is 13.0. The number of carbonyl (C=O) groups is 1. The van der Waals surface area contributed by atoms with Gasteiger partial charge in [0.05, 0.1) is 21.1 Å². The molecule has 0 radical (unpaired) electrons. The lowest BCUT2D eigenvalue weighted by Crippen LogP contribution is -2.22. The Morgan fingerprint density at radius 1 is 1.03 bits per heavy atom. The van der Waals surface area contributed by atoms with Gasteiger partial charge < -0.3 is 9.84 Å². The van der Waals surface area contributed by atoms with E-state index in [0.29, 0.717) is 15.2 Å². The van der Waals surface area contributed by atoms with Crippen LogP contribution in [0.1, 0.15) is 21.5 Å². The number of hydrogen-bond donors (Lipinski definition) is 1. The highest BCUT2D eigenvalue weighted by Crippen LogP contribution is 2.21. The number of imidazole rings is 1. The van der Waals surface area contributed by atoms with Crippen LogP contribution >= 0.6 is 11.3 Å². The summed E-state index contributed by atoms with van der Waals surface area (Å²) in [7, 11) is 0. The van der Waals surface area contributed by atoms with E-state index in [1.807, 2.05) is 54.6 Å². The van der Waals surface area contributed by atoms with E-state index in [1.165, 1.54) is 11.3 Å². The van der Waals surface area contributed by atoms with Crippen LogP contribution in [0.2, 0.25) is 0 Å². The number of aromatic nitrogens is 2. The molecule has 1 N–H and O–H groups in total. The van der Waals surface area contributed by atoms with Gasteiger partial charge >= 0.3 is 5.97 Å². The van der Waals surface area contributed by atoms with Crippen LogP contribution in [-0.4, -0.2) is 20.5 Å². The second-order valence-electron chi connectivity index (χ2n) is 6.96. The zero-order valence-electron chi connectivity index (χ0n) is 16.2. The highest BCUT2D eigenvalue weighted by atomic mass is 32.1. The number of fused-ring (bicyclic) bond motifs is 3. The highest BCUT2D eigenvalue weighted by molar-refractivity contribution is 7.15. The fourth-order valence-electron chi connectivity index (χ4n) is 3.39. The maximum absolute atomic E-state index is 13.0. The van der Waals surface area contributed by atoms with E-state index < -0.39 is 5.97 Å². The standard InChI is InChI=1S/C24H16N2O4S/c27-22-21(31-24-25-18-6-2-3-7-19(18)26(22)24)13-17-5-1-4-8-20(17)30-14-15-9-11-16(12-10-15)23(28)29/h1-13H,14H2,(H,28,29)/b21-13+. The third-order valence-electron chi connectivity index (χ3n) is 4.95. The van der Waals surface area contributed by atoms with Gasteiger partial charge in [0, 0.05) is 5.56 Å². The minimum Gasteiger partial charge on any atom is -0.488 e. The smallest absolute Gasteiger partial charge is 0.335 e. The van der Waals surface area contributed by atoms with Gasteiger partial charge in [0.25, 0.3) is 5.56 Å². The molecule has 0 fully saturated rings. The van der Waals surface area contributed by atoms with E-state index in [1.54, 1.807) is 28.7 Å². The fourth-order valence-corrected chi connectivity index (χ4v) is 4.37. The molecule has 2 heterocycles. The number of benzene rings is 3. The molecule has 0 saturated carbocycles. The molecule has 5 rings (SSSR count). The maximum Gasteiger partial charge on any atom is 0.335 e. The third kappa shape index (κ3) is 3.55. The van der Waals surface area contributed by atoms with Crippen molar-refractivity contribution < 1.29 is 14.6 Å². The summed E-state index contributed by atoms with van der Waals surface area (Å²) in [6, 6.07) is 21.6. The van der Waals surface area contributed by atoms with Crippen LogP contribution in [0.25, 0.3) is 22.1 Å². The quantitative estimate of drug-likeness (QED) is 0.461. The van der Waals surface area contributed by atoms with E-state index in [-0.39, 0.29) is 17.7 Å². The zero-order chi connectivity index (χ0) is 21.4. The Kier molecular flexibility index (Phi) is 4.72. The first-order chi connectivity index (χ1) is 15.1. The molecule has 0 spiro atoms. The molecule has 6 nitrogen and oxygen atoms in total. The first-order valence-electron chi connectivity index (χ1n) is 9.56. The van der Waals surface area contributed by atoms with Crippen LogP contribution in [0.15, 0.2) is 77.6 Å². The van der Waals surface area contributed by atoms with Crippen molar-refractivity contribution in [1.82, 2.24) is 9.38 Å². The lowest BCUT2D eigenvalue weighted by Gasteiger charge is -2.09. The number of para-hydroxylation sites is 3. The SMILES string of the molecule is O=C(O)c1ccc(COc2ccccc2/C=c2/sc3nc4ccccc4n3c2=O)cc1. The topological polar surface area (TPSA) is 80.9 Å². The van der Waals surface area contributed by atoms with Crippen molar-refractivity contribution in [3.05, 3.63) is 104 Å². The summed E-state index contributed by atoms with van der Waals surface area (Å²) < 4.78 is 8.18. The third-order valence-corrected chi connectivity index (χ3v) is 5.91. The minimum atomic E-state index is -0.962. The molecular weight excluding hydrogens is 412 g/mol. The molecule has 0 saturated heterocycles. The van der Waals surface area contributed by atoms with Crippen molar-refractivity contribution in [2.75, 3.05) is 0 Å². The number of carboxylic acid groups (broad SMARTS) is 1. The lowest BCUT2D eigenvalue weighted by molar-refractivity contribution is 0.0697. The van der Waals surface area contributed by atoms with Crippen LogP contribution < -0.4 is 14.8 Å². The van der Waals surface area contributed by atoms with Crippen LogP contribution in [-0.2, 0) is 6.61 Å². The van der Waals surface area contributed by atoms with Crippen molar-refractivity contribution in [3.8, 4) is 5.75 Å². The van der Waals surface area contributed by atoms with E-state index in [9.17, 15) is 9.59 Å². The summed E-state index contributed by atoms with van der Waals surface area (Å²) in [6.45, 7) is 0.285. The number of thiazole rings is 1. The predicted octanol–water partition coefficient (Wildman–Crippen LogP) is 3.73. The first kappa shape index (κ1) is 19.0. The number of carboxylic acids is 1. The zero-order valence-corrected chi connectivity index (χ0v) is 17.0. The van der Waals surface area contributed by atoms with Crippen molar-refractivity contribution in [2.24, 2.45) is 0 Å². The molecule has 5 aromatic rings. The van der Waals surface area contributed by atoms with Crippen molar-refractivity contribution >= 4 is 39.4 Å². The van der Waals surface area contributed by atoms with Gasteiger partial charge in [-0.05, 0) is 42.0 Å². The summed E-state index contributed by atoms with van der Waals surface area (Å²) >= 11 is 1.34. The van der Waals surface area contributed by atoms with E-state index >= 15 is 0 Å². The summed E-state index contributed by atoms with van der Waals surface area (Å²) in [5.41, 5.74) is 3.37. The summed E-state index contributed by atoms with van der Waals surface area (Å²) in [4.78, 5) is 29.2. The van der Waals surface area contributed by atoms with Gasteiger partial charge in [-0.3, -0.25) is 4.79 Å². The average molecular weight is 428 g/mol. The van der Waals surface area contributed by atoms with E-state index in [2.05, 4.69) is 4.98 Å². The molecule has 7 heteroatoms. The Morgan fingerprint density at radius 3 is 2.58 bits per heavy atom. The molecule has 0 aliphatic heterocycles. The molecule has 0 atom stereocenters. The lowest BCUT2D eigenvalue weighted by atomic mass is 10.1. The summed E-state index contributed by atoms with van der Waals surface area (Å²) in [5, 5.41) is 9.01. The summed E-state index contributed by atoms with van der Waals surface area (Å²) in [5.74, 6) is -0.323. The van der Waals surface area contributed by atoms with Gasteiger partial charge in [0.2, 0.25) is 0 Å². The molecular formula is C24H16N2O4S. The Hall–Kier alpha value is -3.97. The Balaban J connectivity index is 1.48. The molecule has 0 aliphatic rings. The molecule has 0 aliphatic carbocycles. The molecule has 0 unspecified atom stereocenters. The molecule has 3 aromatic carbocycles. The van der Waals surface area contributed by atoms with E-state index in [4.69, 9.17) is 9.84 Å². The van der Waals surface area contributed by atoms with Gasteiger partial charge in [0.15, 0.2) is 4.96 Å². The van der Waals surface area contributed by atoms with Crippen molar-refractivity contribution in [1.29, 1.82) is 0 Å². The number of aromatic carboxylic acids is 1. The van der Waals surface area contributed by atoms with Gasteiger partial charge in [-0.1, -0.05) is 53.8 Å². The second kappa shape index (κ2) is 7.70. The number of nitrogens with zero attached hydrogens (tertiary/aromatic N) is 2. The Morgan fingerprint density at radius 2 is 1.77 bits per heavy atom. The average Bonchev–Trinajstić information content (AvgIpc) is 3.29. The minimum absolute atomic E-state index is 0.104. The first-order valence-corrected chi connectivity index (χ1v) is 10.4. The van der Waals surface area contributed by atoms with Crippen molar-refractivity contribution in [3.63, 3.8) is 0 Å². The summed E-state index contributed by atoms with van der Waals surface area (Å²) in [6.07, 6.45) is 1.82. The fraction of sp³-hybridized carbons (Fsp3) is 0.0417. The van der Waals surface area contributed by atoms with E-state index in [0.717, 1.165) is 22.2 Å². The molecule has 152 valence electrons. The molecule has 2 aromatic heterocycles. The number of ether oxygens (including phenoxy) is 1. The Labute approximate surface area is 180 Å². The van der Waals surface area contributed by atoms with Crippen LogP contribution in [0.5, 0.6) is 5.75 Å². The normalized spacial score (nSPS) is 11.9. The van der Waals surface area contributed by atoms with Gasteiger partial charge in [-0.25, -0.2) is 14.2 Å². The Bertz CT molecular complexity index is 1530. The predicted molar refractivity (Wildman–Crippen MR) is 120 cm³/mol. The number of hydrogen-bond acceptors (Lipinski definition) is 5. The molecule has 0 amide bonds. The van der Waals surface area contributed by atoms with Crippen LogP contribution in [0.4, 0.5) is 0 Å². The second-order valence-corrected chi connectivity index (χ2v) is 7.97. The van der Waals surface area contributed by atoms with Gasteiger partial charge in [0.1, 0.15) is 12.4 Å². The number of rotatable bonds is 5. The monoisotopic (exact) mass is 428 g/mol. The van der Waals surface area contributed by atoms with Gasteiger partial charge in [-0.2, -0.15) is 0 Å². The largest absolute Gasteiger partial charge is 0.488 e. The highest BCUT2D eigenvalue weighted by Gasteiger charge is 2.11. The molecule has 31 heavy (non-hydrogen) atoms. The van der Waals surface area contributed by atoms with Crippen LogP contribution in [0, 0.1) is 0 Å².